The van der Waals surface area contributed by atoms with E-state index in [-0.39, 0.29) is 137 Å². The quantitative estimate of drug-likeness (QED) is 0.0426. The summed E-state index contributed by atoms with van der Waals surface area (Å²) in [4.78, 5) is 90.7. The van der Waals surface area contributed by atoms with Crippen LogP contribution in [-0.4, -0.2) is 204 Å². The molecule has 2 rings (SSSR count). The molecule has 2 unspecified atom stereocenters. The molecule has 0 radical (unpaired) electrons. The van der Waals surface area contributed by atoms with Crippen molar-refractivity contribution < 1.29 is 58.8 Å². The number of hydrogen-bond acceptors (Lipinski definition) is 8. The Kier molecular flexibility index (Phi) is 36.3. The van der Waals surface area contributed by atoms with Gasteiger partial charge in [0.25, 0.3) is 23.6 Å². The molecule has 4 N–H and O–H groups in total. The van der Waals surface area contributed by atoms with Crippen molar-refractivity contribution in [3.05, 3.63) is 48.6 Å². The van der Waals surface area contributed by atoms with E-state index in [1.54, 1.807) is 0 Å². The Morgan fingerprint density at radius 2 is 0.698 bits per heavy atom. The summed E-state index contributed by atoms with van der Waals surface area (Å²) in [6.45, 7) is 0.918. The van der Waals surface area contributed by atoms with Crippen molar-refractivity contribution in [2.24, 2.45) is 11.8 Å². The van der Waals surface area contributed by atoms with Gasteiger partial charge in [-0.15, -0.1) is 0 Å². The maximum absolute atomic E-state index is 11.3. The van der Waals surface area contributed by atoms with Crippen LogP contribution in [0.4, 0.5) is 0 Å². The van der Waals surface area contributed by atoms with Crippen molar-refractivity contribution in [2.45, 2.75) is 103 Å². The van der Waals surface area contributed by atoms with E-state index in [0.29, 0.717) is 25.9 Å². The van der Waals surface area contributed by atoms with Crippen LogP contribution in [0.15, 0.2) is 48.6 Å². The minimum atomic E-state index is -1.14. The van der Waals surface area contributed by atoms with Gasteiger partial charge in [-0.3, -0.25) is 38.6 Å². The topological polar surface area (TPSA) is 224 Å². The summed E-state index contributed by atoms with van der Waals surface area (Å²) in [7, 11) is 0. The van der Waals surface area contributed by atoms with E-state index in [1.165, 1.54) is 46.3 Å². The first-order chi connectivity index (χ1) is 23.8. The van der Waals surface area contributed by atoms with Crippen molar-refractivity contribution >= 4 is 161 Å². The third kappa shape index (κ3) is 27.2. The molecule has 0 aliphatic carbocycles. The summed E-state index contributed by atoms with van der Waals surface area (Å²) in [6, 6.07) is 0. The fourth-order valence-corrected chi connectivity index (χ4v) is 5.34. The molecule has 0 bridgehead atoms. The number of carboxylic acid groups (broad SMARTS) is 4. The number of amides is 4. The molecule has 2 aliphatic rings. The molecule has 288 valence electrons. The molecule has 4 amide bonds. The van der Waals surface area contributed by atoms with Crippen molar-refractivity contribution in [2.75, 3.05) is 13.1 Å². The van der Waals surface area contributed by atoms with Gasteiger partial charge in [0.15, 0.2) is 0 Å². The molecular formula is C36H56Ca3N2O12. The number of nitrogens with zero attached hydrogens (tertiary/aromatic N) is 2. The summed E-state index contributed by atoms with van der Waals surface area (Å²) in [5.74, 6) is -6.75. The summed E-state index contributed by atoms with van der Waals surface area (Å²) in [6.07, 6.45) is 23.0. The van der Waals surface area contributed by atoms with Crippen molar-refractivity contribution in [3.8, 4) is 0 Å². The van der Waals surface area contributed by atoms with E-state index in [4.69, 9.17) is 20.4 Å². The van der Waals surface area contributed by atoms with Gasteiger partial charge in [0.2, 0.25) is 0 Å². The second-order valence-corrected chi connectivity index (χ2v) is 12.1. The van der Waals surface area contributed by atoms with Gasteiger partial charge >= 0.3 is 137 Å². The van der Waals surface area contributed by atoms with Crippen LogP contribution in [0, 0.1) is 11.8 Å². The van der Waals surface area contributed by atoms with E-state index in [2.05, 4.69) is 0 Å². The van der Waals surface area contributed by atoms with Gasteiger partial charge < -0.3 is 20.4 Å². The first-order valence-corrected chi connectivity index (χ1v) is 17.2. The van der Waals surface area contributed by atoms with Crippen molar-refractivity contribution in [1.29, 1.82) is 0 Å². The third-order valence-electron chi connectivity index (χ3n) is 8.17. The van der Waals surface area contributed by atoms with Crippen LogP contribution in [0.25, 0.3) is 0 Å². The molecule has 0 saturated carbocycles. The fraction of sp³-hybridized carbons (Fsp3) is 0.556. The molecule has 0 spiro atoms. The maximum atomic E-state index is 11.3. The Morgan fingerprint density at radius 3 is 0.943 bits per heavy atom. The van der Waals surface area contributed by atoms with Crippen LogP contribution in [0.3, 0.4) is 0 Å². The van der Waals surface area contributed by atoms with Crippen LogP contribution in [0.2, 0.25) is 0 Å². The van der Waals surface area contributed by atoms with Crippen LogP contribution in [0.1, 0.15) is 103 Å². The fourth-order valence-electron chi connectivity index (χ4n) is 5.34. The number of aliphatic carboxylic acids is 4. The predicted octanol–water partition coefficient (Wildman–Crippen LogP) is 2.00. The first-order valence-electron chi connectivity index (χ1n) is 17.2. The van der Waals surface area contributed by atoms with E-state index >= 15 is 0 Å². The zero-order valence-electron chi connectivity index (χ0n) is 28.5. The molecule has 0 aromatic heterocycles. The molecule has 0 aromatic rings. The number of carbonyl (C=O) groups is 8. The number of carboxylic acids is 4. The van der Waals surface area contributed by atoms with Gasteiger partial charge in [0.05, 0.1) is 11.8 Å². The summed E-state index contributed by atoms with van der Waals surface area (Å²) in [5, 5.41) is 35.1. The average molecular weight is 829 g/mol. The Morgan fingerprint density at radius 1 is 0.453 bits per heavy atom. The summed E-state index contributed by atoms with van der Waals surface area (Å²) in [5.41, 5.74) is 0. The molecule has 0 saturated heterocycles. The Hall–Kier alpha value is -1.10. The molecule has 0 fully saturated rings. The van der Waals surface area contributed by atoms with Crippen molar-refractivity contribution in [3.63, 3.8) is 0 Å². The molecule has 14 nitrogen and oxygen atoms in total. The first kappa shape index (κ1) is 56.2. The number of imide groups is 2. The standard InChI is InChI=1S/2C18H25NO6.3Ca.6H/c2*20-15-10-11-16(21)19(15)13-7-5-3-1-2-4-6-8-14(18(24)25)9-12-17(22)23;;;;;;;;;/h2*9-12,14H,1-8,13H2,(H,22,23)(H,24,25);;;;;;;;;. The van der Waals surface area contributed by atoms with Gasteiger partial charge in [-0.05, 0) is 25.7 Å². The molecule has 2 heterocycles. The number of hydrogen-bond donors (Lipinski definition) is 4. The molecular weight excluding hydrogens is 773 g/mol. The summed E-state index contributed by atoms with van der Waals surface area (Å²) < 4.78 is 0. The molecule has 0 aromatic carbocycles. The second-order valence-electron chi connectivity index (χ2n) is 12.1. The molecule has 53 heavy (non-hydrogen) atoms. The van der Waals surface area contributed by atoms with Gasteiger partial charge in [-0.25, -0.2) is 9.59 Å². The van der Waals surface area contributed by atoms with Gasteiger partial charge in [-0.2, -0.15) is 0 Å². The normalized spacial score (nSPS) is 14.4. The van der Waals surface area contributed by atoms with Crippen LogP contribution in [-0.2, 0) is 38.4 Å². The monoisotopic (exact) mass is 828 g/mol. The average Bonchev–Trinajstić information content (AvgIpc) is 3.55. The Bertz CT molecular complexity index is 1180. The molecule has 2 atom stereocenters. The number of unbranched alkanes of at least 4 members (excludes halogenated alkanes) is 12. The van der Waals surface area contributed by atoms with E-state index < -0.39 is 35.7 Å². The number of rotatable bonds is 26. The molecule has 2 aliphatic heterocycles. The van der Waals surface area contributed by atoms with E-state index in [1.807, 2.05) is 0 Å². The van der Waals surface area contributed by atoms with Crippen LogP contribution < -0.4 is 0 Å². The zero-order valence-corrected chi connectivity index (χ0v) is 28.5. The zero-order chi connectivity index (χ0) is 37.3. The van der Waals surface area contributed by atoms with Gasteiger partial charge in [0, 0.05) is 49.5 Å². The Labute approximate surface area is 400 Å². The van der Waals surface area contributed by atoms with Gasteiger partial charge in [0.1, 0.15) is 0 Å². The second kappa shape index (κ2) is 34.2. The number of carbonyl (C=O) groups excluding carboxylic acids is 4. The Balaban J connectivity index is -0.000000893. The van der Waals surface area contributed by atoms with Crippen LogP contribution in [0.5, 0.6) is 0 Å². The van der Waals surface area contributed by atoms with Crippen LogP contribution >= 0.6 is 0 Å². The third-order valence-corrected chi connectivity index (χ3v) is 8.17. The molecule has 17 heteroatoms. The SMILES string of the molecule is O=C(O)C=CC(CCCCCCCCCN1C(=O)C=CC1=O)C(=O)O.O=C(O)C=CC(CCCCCCCCCN1C(=O)C=CC1=O)C(=O)O.[CaH2].[CaH2].[CaH2]. The van der Waals surface area contributed by atoms with E-state index in [0.717, 1.165) is 102 Å². The van der Waals surface area contributed by atoms with Gasteiger partial charge in [-0.1, -0.05) is 89.2 Å². The predicted molar refractivity (Wildman–Crippen MR) is 207 cm³/mol. The van der Waals surface area contributed by atoms with Crippen molar-refractivity contribution in [1.82, 2.24) is 9.80 Å². The minimum absolute atomic E-state index is 0. The summed E-state index contributed by atoms with van der Waals surface area (Å²) >= 11 is 0. The van der Waals surface area contributed by atoms with E-state index in [9.17, 15) is 38.4 Å².